The van der Waals surface area contributed by atoms with E-state index < -0.39 is 17.2 Å². The van der Waals surface area contributed by atoms with Crippen molar-refractivity contribution < 1.29 is 19.3 Å². The molecule has 3 N–H and O–H groups in total. The van der Waals surface area contributed by atoms with Crippen LogP contribution in [0.4, 0.5) is 10.1 Å². The van der Waals surface area contributed by atoms with Crippen molar-refractivity contribution in [2.24, 2.45) is 5.92 Å². The Labute approximate surface area is 220 Å². The van der Waals surface area contributed by atoms with Crippen LogP contribution in [-0.4, -0.2) is 43.6 Å². The highest BCUT2D eigenvalue weighted by Gasteiger charge is 2.14. The molecule has 0 saturated heterocycles. The molecule has 0 saturated carbocycles. The van der Waals surface area contributed by atoms with Gasteiger partial charge < -0.3 is 20.3 Å². The standard InChI is InChI=1S/C22H24ClFN4O3.C4H10O2/c1-4-27-21(29)26-20(28(22(27)30)13-15-5-7-16(23)8-6-15)12-25-17-9-10-19(18(24)11-17)31-14(2)3;1-4(2-5)3-6/h5-11,14,25H,4,12-13H2,1-3H3;4-6H,2-3H2,1H3. The van der Waals surface area contributed by atoms with Crippen molar-refractivity contribution in [1.82, 2.24) is 14.1 Å². The van der Waals surface area contributed by atoms with E-state index in [-0.39, 0.29) is 56.4 Å². The maximum atomic E-state index is 14.3. The van der Waals surface area contributed by atoms with Crippen LogP contribution in [0.5, 0.6) is 5.75 Å². The number of aliphatic hydroxyl groups excluding tert-OH is 2. The number of anilines is 1. The van der Waals surface area contributed by atoms with Gasteiger partial charge in [0.15, 0.2) is 11.6 Å². The molecule has 11 heteroatoms. The Morgan fingerprint density at radius 1 is 1.05 bits per heavy atom. The van der Waals surface area contributed by atoms with Gasteiger partial charge in [0, 0.05) is 42.5 Å². The molecule has 1 aromatic heterocycles. The zero-order chi connectivity index (χ0) is 27.5. The number of aliphatic hydroxyl groups is 2. The number of benzene rings is 2. The van der Waals surface area contributed by atoms with Crippen molar-refractivity contribution in [2.75, 3.05) is 18.5 Å². The number of ether oxygens (including phenoxy) is 1. The molecule has 0 aliphatic rings. The summed E-state index contributed by atoms with van der Waals surface area (Å²) in [6.07, 6.45) is -0.148. The van der Waals surface area contributed by atoms with Crippen LogP contribution in [0.15, 0.2) is 52.1 Å². The molecule has 1 heterocycles. The molecule has 9 nitrogen and oxygen atoms in total. The maximum Gasteiger partial charge on any atom is 0.353 e. The summed E-state index contributed by atoms with van der Waals surface area (Å²) in [6.45, 7) is 7.76. The second kappa shape index (κ2) is 14.5. The molecule has 0 spiro atoms. The SMILES string of the molecule is CC(CO)CO.CCn1c(=O)nc(CNc2ccc(OC(C)C)c(F)c2)n(Cc2ccc(Cl)cc2)c1=O. The highest BCUT2D eigenvalue weighted by atomic mass is 35.5. The van der Waals surface area contributed by atoms with Crippen LogP contribution in [-0.2, 0) is 19.6 Å². The van der Waals surface area contributed by atoms with Crippen LogP contribution in [0.1, 0.15) is 39.1 Å². The monoisotopic (exact) mass is 536 g/mol. The Kier molecular flexibility index (Phi) is 11.8. The van der Waals surface area contributed by atoms with Crippen molar-refractivity contribution in [3.05, 3.63) is 85.7 Å². The molecule has 0 radical (unpaired) electrons. The van der Waals surface area contributed by atoms with E-state index in [9.17, 15) is 14.0 Å². The summed E-state index contributed by atoms with van der Waals surface area (Å²) < 4.78 is 22.2. The minimum atomic E-state index is -0.622. The summed E-state index contributed by atoms with van der Waals surface area (Å²) in [5.74, 6) is -0.0574. The summed E-state index contributed by atoms with van der Waals surface area (Å²) in [7, 11) is 0. The summed E-state index contributed by atoms with van der Waals surface area (Å²) in [4.78, 5) is 29.2. The first-order valence-electron chi connectivity index (χ1n) is 12.0. The third-order valence-electron chi connectivity index (χ3n) is 5.17. The topological polar surface area (TPSA) is 119 Å². The van der Waals surface area contributed by atoms with Crippen LogP contribution >= 0.6 is 11.6 Å². The number of aromatic nitrogens is 3. The summed E-state index contributed by atoms with van der Waals surface area (Å²) in [5.41, 5.74) is 0.224. The Balaban J connectivity index is 0.000000717. The van der Waals surface area contributed by atoms with Gasteiger partial charge in [-0.3, -0.25) is 4.57 Å². The van der Waals surface area contributed by atoms with Gasteiger partial charge in [0.1, 0.15) is 5.82 Å². The second-order valence-electron chi connectivity index (χ2n) is 8.69. The van der Waals surface area contributed by atoms with E-state index in [4.69, 9.17) is 26.6 Å². The van der Waals surface area contributed by atoms with E-state index in [2.05, 4.69) is 10.3 Å². The fraction of sp³-hybridized carbons (Fsp3) is 0.423. The Morgan fingerprint density at radius 2 is 1.70 bits per heavy atom. The normalized spacial score (nSPS) is 10.9. The van der Waals surface area contributed by atoms with E-state index in [1.54, 1.807) is 44.2 Å². The van der Waals surface area contributed by atoms with Crippen LogP contribution in [0.2, 0.25) is 5.02 Å². The first-order chi connectivity index (χ1) is 17.6. The molecule has 3 aromatic rings. The van der Waals surface area contributed by atoms with Gasteiger partial charge in [-0.25, -0.2) is 18.5 Å². The summed E-state index contributed by atoms with van der Waals surface area (Å²) >= 11 is 5.94. The molecule has 0 unspecified atom stereocenters. The van der Waals surface area contributed by atoms with Crippen LogP contribution in [0.3, 0.4) is 0 Å². The zero-order valence-electron chi connectivity index (χ0n) is 21.4. The highest BCUT2D eigenvalue weighted by molar-refractivity contribution is 6.30. The van der Waals surface area contributed by atoms with Crippen LogP contribution in [0.25, 0.3) is 0 Å². The molecule has 37 heavy (non-hydrogen) atoms. The smallest absolute Gasteiger partial charge is 0.353 e. The van der Waals surface area contributed by atoms with Crippen molar-refractivity contribution in [3.8, 4) is 5.75 Å². The average Bonchev–Trinajstić information content (AvgIpc) is 2.87. The predicted octanol–water partition coefficient (Wildman–Crippen LogP) is 3.27. The molecular weight excluding hydrogens is 503 g/mol. The molecule has 0 amide bonds. The second-order valence-corrected chi connectivity index (χ2v) is 9.12. The fourth-order valence-corrected chi connectivity index (χ4v) is 3.23. The molecule has 3 rings (SSSR count). The molecule has 0 bridgehead atoms. The number of nitrogens with zero attached hydrogens (tertiary/aromatic N) is 3. The third-order valence-corrected chi connectivity index (χ3v) is 5.42. The van der Waals surface area contributed by atoms with Crippen molar-refractivity contribution >= 4 is 17.3 Å². The number of nitrogens with one attached hydrogen (secondary N) is 1. The van der Waals surface area contributed by atoms with Crippen LogP contribution < -0.4 is 21.4 Å². The van der Waals surface area contributed by atoms with E-state index in [1.807, 2.05) is 13.8 Å². The minimum absolute atomic E-state index is 0.0463. The quantitative estimate of drug-likeness (QED) is 0.364. The third kappa shape index (κ3) is 8.99. The maximum absolute atomic E-state index is 14.3. The number of rotatable bonds is 10. The zero-order valence-corrected chi connectivity index (χ0v) is 22.2. The van der Waals surface area contributed by atoms with Gasteiger partial charge in [-0.1, -0.05) is 30.7 Å². The van der Waals surface area contributed by atoms with Gasteiger partial charge in [-0.15, -0.1) is 0 Å². The van der Waals surface area contributed by atoms with Gasteiger partial charge in [0.25, 0.3) is 0 Å². The molecule has 0 fully saturated rings. The van der Waals surface area contributed by atoms with Crippen molar-refractivity contribution in [1.29, 1.82) is 0 Å². The molecule has 0 aliphatic heterocycles. The average molecular weight is 537 g/mol. The lowest BCUT2D eigenvalue weighted by Crippen LogP contribution is -2.43. The number of hydrogen-bond acceptors (Lipinski definition) is 7. The van der Waals surface area contributed by atoms with E-state index in [0.29, 0.717) is 10.7 Å². The number of halogens is 2. The first kappa shape index (κ1) is 30.0. The number of hydrogen-bond donors (Lipinski definition) is 3. The van der Waals surface area contributed by atoms with Crippen LogP contribution in [0, 0.1) is 11.7 Å². The highest BCUT2D eigenvalue weighted by Crippen LogP contribution is 2.22. The molecule has 2 aromatic carbocycles. The summed E-state index contributed by atoms with van der Waals surface area (Å²) in [5, 5.41) is 20.0. The van der Waals surface area contributed by atoms with E-state index in [1.165, 1.54) is 16.7 Å². The van der Waals surface area contributed by atoms with Gasteiger partial charge >= 0.3 is 11.4 Å². The molecule has 202 valence electrons. The largest absolute Gasteiger partial charge is 0.488 e. The molecular formula is C26H34ClFN4O5. The first-order valence-corrected chi connectivity index (χ1v) is 12.3. The lowest BCUT2D eigenvalue weighted by molar-refractivity contribution is 0.162. The Morgan fingerprint density at radius 3 is 2.22 bits per heavy atom. The summed E-state index contributed by atoms with van der Waals surface area (Å²) in [6, 6.07) is 11.6. The Hall–Kier alpha value is -3.21. The van der Waals surface area contributed by atoms with E-state index in [0.717, 1.165) is 10.1 Å². The fourth-order valence-electron chi connectivity index (χ4n) is 3.10. The van der Waals surface area contributed by atoms with Gasteiger partial charge in [0.05, 0.1) is 19.2 Å². The molecule has 0 atom stereocenters. The van der Waals surface area contributed by atoms with Gasteiger partial charge in [-0.05, 0) is 50.6 Å². The lowest BCUT2D eigenvalue weighted by atomic mass is 10.2. The van der Waals surface area contributed by atoms with Crippen molar-refractivity contribution in [3.63, 3.8) is 0 Å². The Bertz CT molecular complexity index is 1260. The van der Waals surface area contributed by atoms with E-state index >= 15 is 0 Å². The molecule has 0 aliphatic carbocycles. The predicted molar refractivity (Wildman–Crippen MR) is 142 cm³/mol. The van der Waals surface area contributed by atoms with Gasteiger partial charge in [0.2, 0.25) is 0 Å². The lowest BCUT2D eigenvalue weighted by Gasteiger charge is -2.16. The van der Waals surface area contributed by atoms with Crippen molar-refractivity contribution in [2.45, 2.75) is 53.4 Å². The minimum Gasteiger partial charge on any atom is -0.488 e. The van der Waals surface area contributed by atoms with Gasteiger partial charge in [-0.2, -0.15) is 4.98 Å².